The van der Waals surface area contributed by atoms with Crippen LogP contribution in [0.1, 0.15) is 36.9 Å². The summed E-state index contributed by atoms with van der Waals surface area (Å²) in [5.74, 6) is -5.49. The Labute approximate surface area is 234 Å². The van der Waals surface area contributed by atoms with E-state index in [0.29, 0.717) is 11.3 Å². The number of aromatic hydroxyl groups is 1. The lowest BCUT2D eigenvalue weighted by molar-refractivity contribution is -0.142. The smallest absolute Gasteiger partial charge is 0.326 e. The summed E-state index contributed by atoms with van der Waals surface area (Å²) in [5, 5.41) is 26.2. The predicted octanol–water partition coefficient (Wildman–Crippen LogP) is -2.70. The maximum atomic E-state index is 13.2. The quantitative estimate of drug-likeness (QED) is 0.0941. The lowest BCUT2D eigenvalue weighted by Crippen LogP contribution is -2.57. The highest BCUT2D eigenvalue weighted by molar-refractivity contribution is 5.94. The van der Waals surface area contributed by atoms with E-state index in [1.54, 1.807) is 0 Å². The first-order valence-corrected chi connectivity index (χ1v) is 12.6. The van der Waals surface area contributed by atoms with Gasteiger partial charge in [-0.1, -0.05) is 12.1 Å². The molecule has 41 heavy (non-hydrogen) atoms. The van der Waals surface area contributed by atoms with E-state index in [4.69, 9.17) is 17.2 Å². The first kappa shape index (κ1) is 32.2. The molecule has 0 saturated carbocycles. The Morgan fingerprint density at radius 1 is 0.805 bits per heavy atom. The van der Waals surface area contributed by atoms with Crippen LogP contribution >= 0.6 is 0 Å². The van der Waals surface area contributed by atoms with E-state index in [1.165, 1.54) is 36.8 Å². The summed E-state index contributed by atoms with van der Waals surface area (Å²) in [6, 6.07) is 0.373. The van der Waals surface area contributed by atoms with Gasteiger partial charge in [0.05, 0.1) is 12.4 Å². The first-order valence-electron chi connectivity index (χ1n) is 12.6. The van der Waals surface area contributed by atoms with Gasteiger partial charge in [0.1, 0.15) is 23.9 Å². The van der Waals surface area contributed by atoms with Crippen molar-refractivity contribution < 1.29 is 39.0 Å². The van der Waals surface area contributed by atoms with Crippen molar-refractivity contribution in [1.29, 1.82) is 0 Å². The molecule has 12 N–H and O–H groups in total. The van der Waals surface area contributed by atoms with E-state index in [0.717, 1.165) is 0 Å². The van der Waals surface area contributed by atoms with Gasteiger partial charge >= 0.3 is 5.97 Å². The maximum absolute atomic E-state index is 13.2. The molecule has 4 unspecified atom stereocenters. The highest BCUT2D eigenvalue weighted by Crippen LogP contribution is 2.12. The number of primary amides is 2. The molecule has 0 radical (unpaired) electrons. The number of nitrogens with two attached hydrogens (primary N) is 3. The molecule has 16 heteroatoms. The molecular weight excluding hydrogens is 540 g/mol. The number of carboxylic acid groups (broad SMARTS) is 1. The average molecular weight is 575 g/mol. The van der Waals surface area contributed by atoms with Gasteiger partial charge in [0.2, 0.25) is 29.5 Å². The number of carbonyl (C=O) groups is 6. The highest BCUT2D eigenvalue weighted by Gasteiger charge is 2.31. The summed E-state index contributed by atoms with van der Waals surface area (Å²) in [6.45, 7) is 0. The van der Waals surface area contributed by atoms with Crippen molar-refractivity contribution in [3.8, 4) is 5.75 Å². The molecule has 222 valence electrons. The number of imidazole rings is 1. The number of carbonyl (C=O) groups excluding carboxylic acids is 5. The molecule has 1 aromatic heterocycles. The van der Waals surface area contributed by atoms with Crippen LogP contribution in [0, 0.1) is 0 Å². The molecule has 0 aliphatic heterocycles. The van der Waals surface area contributed by atoms with Crippen molar-refractivity contribution in [1.82, 2.24) is 25.9 Å². The number of phenols is 1. The summed E-state index contributed by atoms with van der Waals surface area (Å²) in [6.07, 6.45) is 1.65. The highest BCUT2D eigenvalue weighted by atomic mass is 16.4. The molecule has 1 heterocycles. The van der Waals surface area contributed by atoms with Crippen LogP contribution in [-0.4, -0.2) is 79.9 Å². The number of hydrogen-bond acceptors (Lipinski definition) is 9. The largest absolute Gasteiger partial charge is 0.508 e. The zero-order chi connectivity index (χ0) is 30.5. The van der Waals surface area contributed by atoms with Gasteiger partial charge < -0.3 is 48.3 Å². The van der Waals surface area contributed by atoms with Gasteiger partial charge in [-0.05, 0) is 30.5 Å². The third-order valence-electron chi connectivity index (χ3n) is 5.95. The number of rotatable bonds is 17. The maximum Gasteiger partial charge on any atom is 0.326 e. The minimum absolute atomic E-state index is 0.0286. The van der Waals surface area contributed by atoms with Crippen molar-refractivity contribution in [3.63, 3.8) is 0 Å². The van der Waals surface area contributed by atoms with Crippen molar-refractivity contribution in [3.05, 3.63) is 48.0 Å². The number of H-pyrrole nitrogens is 1. The van der Waals surface area contributed by atoms with E-state index in [-0.39, 0.29) is 44.3 Å². The number of benzene rings is 1. The molecule has 0 spiro atoms. The number of aromatic nitrogens is 2. The molecule has 2 rings (SSSR count). The van der Waals surface area contributed by atoms with Crippen LogP contribution in [0.25, 0.3) is 0 Å². The van der Waals surface area contributed by atoms with Crippen molar-refractivity contribution >= 4 is 35.5 Å². The standard InChI is InChI=1S/C25H34N8O8/c26-16(10-14-11-29-12-30-14)22(37)31-17(5-7-20(27)35)23(38)32-18(6-8-21(28)36)24(39)33-19(25(40)41)9-13-1-3-15(34)4-2-13/h1-4,11-12,16-19,34H,5-10,26H2,(H2,27,35)(H2,28,36)(H,29,30)(H,31,37)(H,32,38)(H,33,39)(H,40,41). The van der Waals surface area contributed by atoms with Crippen molar-refractivity contribution in [2.75, 3.05) is 0 Å². The second kappa shape index (κ2) is 15.6. The minimum Gasteiger partial charge on any atom is -0.508 e. The molecule has 16 nitrogen and oxygen atoms in total. The van der Waals surface area contributed by atoms with Crippen LogP contribution in [0.5, 0.6) is 5.75 Å². The molecule has 0 bridgehead atoms. The summed E-state index contributed by atoms with van der Waals surface area (Å²) in [4.78, 5) is 80.2. The molecular formula is C25H34N8O8. The fourth-order valence-corrected chi connectivity index (χ4v) is 3.73. The third-order valence-corrected chi connectivity index (χ3v) is 5.95. The van der Waals surface area contributed by atoms with Crippen LogP contribution in [0.2, 0.25) is 0 Å². The van der Waals surface area contributed by atoms with E-state index >= 15 is 0 Å². The number of hydrogen-bond donors (Lipinski definition) is 9. The zero-order valence-corrected chi connectivity index (χ0v) is 22.0. The number of aliphatic carboxylic acids is 1. The van der Waals surface area contributed by atoms with Crippen LogP contribution in [0.3, 0.4) is 0 Å². The molecule has 0 aliphatic rings. The van der Waals surface area contributed by atoms with Crippen LogP contribution in [0.15, 0.2) is 36.8 Å². The third kappa shape index (κ3) is 11.3. The summed E-state index contributed by atoms with van der Waals surface area (Å²) in [7, 11) is 0. The van der Waals surface area contributed by atoms with E-state index in [1.807, 2.05) is 0 Å². The average Bonchev–Trinajstić information content (AvgIpc) is 3.42. The second-order valence-electron chi connectivity index (χ2n) is 9.29. The topological polar surface area (TPSA) is 286 Å². The summed E-state index contributed by atoms with van der Waals surface area (Å²) in [5.41, 5.74) is 17.4. The molecule has 1 aromatic carbocycles. The van der Waals surface area contributed by atoms with Gasteiger partial charge in [-0.2, -0.15) is 0 Å². The van der Waals surface area contributed by atoms with Crippen LogP contribution < -0.4 is 33.2 Å². The zero-order valence-electron chi connectivity index (χ0n) is 22.0. The van der Waals surface area contributed by atoms with Gasteiger partial charge in [0.25, 0.3) is 0 Å². The van der Waals surface area contributed by atoms with Gasteiger partial charge in [-0.25, -0.2) is 9.78 Å². The molecule has 0 fully saturated rings. The molecule has 0 saturated heterocycles. The van der Waals surface area contributed by atoms with Gasteiger partial charge in [-0.15, -0.1) is 0 Å². The van der Waals surface area contributed by atoms with Crippen molar-refractivity contribution in [2.45, 2.75) is 62.7 Å². The number of phenolic OH excluding ortho intramolecular Hbond substituents is 1. The summed E-state index contributed by atoms with van der Waals surface area (Å²) < 4.78 is 0. The number of carboxylic acids is 1. The number of nitrogens with one attached hydrogen (secondary N) is 4. The minimum atomic E-state index is -1.43. The number of aromatic amines is 1. The second-order valence-corrected chi connectivity index (χ2v) is 9.29. The van der Waals surface area contributed by atoms with E-state index in [9.17, 15) is 39.0 Å². The monoisotopic (exact) mass is 574 g/mol. The van der Waals surface area contributed by atoms with Crippen LogP contribution in [0.4, 0.5) is 0 Å². The summed E-state index contributed by atoms with van der Waals surface area (Å²) >= 11 is 0. The first-order chi connectivity index (χ1) is 19.3. The van der Waals surface area contributed by atoms with E-state index in [2.05, 4.69) is 25.9 Å². The SMILES string of the molecule is NC(=O)CCC(NC(=O)C(N)Cc1cnc[nH]1)C(=O)NC(CCC(N)=O)C(=O)NC(Cc1ccc(O)cc1)C(=O)O. The van der Waals surface area contributed by atoms with Gasteiger partial charge in [-0.3, -0.25) is 24.0 Å². The fourth-order valence-electron chi connectivity index (χ4n) is 3.73. The predicted molar refractivity (Wildman–Crippen MR) is 142 cm³/mol. The Hall–Kier alpha value is -4.99. The Morgan fingerprint density at radius 3 is 1.78 bits per heavy atom. The Bertz CT molecular complexity index is 1220. The normalized spacial score (nSPS) is 13.7. The van der Waals surface area contributed by atoms with E-state index < -0.39 is 59.7 Å². The fraction of sp³-hybridized carbons (Fsp3) is 0.400. The molecule has 4 atom stereocenters. The van der Waals surface area contributed by atoms with Crippen LogP contribution in [-0.2, 0) is 41.6 Å². The number of amides is 5. The number of nitrogens with zero attached hydrogens (tertiary/aromatic N) is 1. The lowest BCUT2D eigenvalue weighted by Gasteiger charge is -2.25. The van der Waals surface area contributed by atoms with Crippen molar-refractivity contribution in [2.24, 2.45) is 17.2 Å². The molecule has 0 aliphatic carbocycles. The Morgan fingerprint density at radius 2 is 1.32 bits per heavy atom. The van der Waals surface area contributed by atoms with Gasteiger partial charge in [0, 0.05) is 37.6 Å². The van der Waals surface area contributed by atoms with Gasteiger partial charge in [0.15, 0.2) is 0 Å². The Balaban J connectivity index is 2.16. The molecule has 2 aromatic rings. The molecule has 5 amide bonds. The lowest BCUT2D eigenvalue weighted by atomic mass is 10.0. The Kier molecular flexibility index (Phi) is 12.2.